The lowest BCUT2D eigenvalue weighted by molar-refractivity contribution is -0.110. The molecule has 1 heterocycles. The zero-order valence-corrected chi connectivity index (χ0v) is 21.5. The van der Waals surface area contributed by atoms with E-state index in [9.17, 15) is 13.2 Å². The molecule has 1 aliphatic heterocycles. The van der Waals surface area contributed by atoms with Crippen LogP contribution in [0.25, 0.3) is 11.3 Å². The van der Waals surface area contributed by atoms with Gasteiger partial charge in [0.1, 0.15) is 0 Å². The zero-order chi connectivity index (χ0) is 26.5. The summed E-state index contributed by atoms with van der Waals surface area (Å²) in [6.07, 6.45) is 1.81. The molecule has 0 radical (unpaired) electrons. The maximum Gasteiger partial charge on any atom is 0.261 e. The van der Waals surface area contributed by atoms with Crippen molar-refractivity contribution in [2.24, 2.45) is 5.73 Å². The van der Waals surface area contributed by atoms with Crippen LogP contribution in [-0.2, 0) is 21.2 Å². The number of amides is 1. The van der Waals surface area contributed by atoms with E-state index in [4.69, 9.17) is 5.73 Å². The number of hydrogen-bond donors (Lipinski definition) is 4. The molecule has 0 aromatic heterocycles. The Kier molecular flexibility index (Phi) is 7.26. The maximum atomic E-state index is 13.3. The van der Waals surface area contributed by atoms with Gasteiger partial charge in [0.15, 0.2) is 0 Å². The highest BCUT2D eigenvalue weighted by Gasteiger charge is 2.30. The van der Waals surface area contributed by atoms with Gasteiger partial charge in [0, 0.05) is 22.6 Å². The van der Waals surface area contributed by atoms with E-state index < -0.39 is 10.0 Å². The van der Waals surface area contributed by atoms with Crippen molar-refractivity contribution >= 4 is 44.3 Å². The molecule has 0 aliphatic carbocycles. The van der Waals surface area contributed by atoms with E-state index in [0.717, 1.165) is 24.1 Å². The van der Waals surface area contributed by atoms with Crippen LogP contribution in [0.15, 0.2) is 108 Å². The van der Waals surface area contributed by atoms with E-state index in [1.165, 1.54) is 17.7 Å². The van der Waals surface area contributed by atoms with Crippen molar-refractivity contribution in [2.75, 3.05) is 21.9 Å². The fourth-order valence-electron chi connectivity index (χ4n) is 4.37. The van der Waals surface area contributed by atoms with Crippen molar-refractivity contribution in [1.82, 2.24) is 0 Å². The number of rotatable bonds is 9. The molecule has 1 amide bonds. The summed E-state index contributed by atoms with van der Waals surface area (Å²) in [7, 11) is -3.88. The lowest BCUT2D eigenvalue weighted by Gasteiger charge is -2.16. The van der Waals surface area contributed by atoms with E-state index in [-0.39, 0.29) is 10.8 Å². The Morgan fingerprint density at radius 1 is 0.816 bits per heavy atom. The Bertz CT molecular complexity index is 1580. The van der Waals surface area contributed by atoms with Gasteiger partial charge in [-0.1, -0.05) is 60.7 Å². The molecule has 4 aromatic carbocycles. The van der Waals surface area contributed by atoms with Crippen molar-refractivity contribution in [3.8, 4) is 0 Å². The van der Waals surface area contributed by atoms with Crippen LogP contribution in [0.2, 0.25) is 0 Å². The Hall–Kier alpha value is -4.40. The fraction of sp³-hybridized carbons (Fsp3) is 0.100. The molecule has 7 nitrogen and oxygen atoms in total. The zero-order valence-electron chi connectivity index (χ0n) is 20.6. The highest BCUT2D eigenvalue weighted by molar-refractivity contribution is 7.92. The SMILES string of the molecule is NCCCc1ccc(N/C(=C2\C(=O)Nc3ccc(S(=O)(=O)Nc4ccccc4)cc32)c2ccccc2)cc1. The molecule has 0 spiro atoms. The average molecular weight is 525 g/mol. The third-order valence-electron chi connectivity index (χ3n) is 6.28. The van der Waals surface area contributed by atoms with Gasteiger partial charge in [-0.25, -0.2) is 8.42 Å². The molecule has 8 heteroatoms. The number of benzene rings is 4. The Labute approximate surface area is 222 Å². The van der Waals surface area contributed by atoms with Crippen LogP contribution in [0, 0.1) is 0 Å². The lowest BCUT2D eigenvalue weighted by Crippen LogP contribution is -2.13. The third kappa shape index (κ3) is 5.46. The first-order valence-electron chi connectivity index (χ1n) is 12.3. The van der Waals surface area contributed by atoms with E-state index in [0.29, 0.717) is 34.8 Å². The number of aryl methyl sites for hydroxylation is 1. The van der Waals surface area contributed by atoms with Crippen LogP contribution in [0.5, 0.6) is 0 Å². The summed E-state index contributed by atoms with van der Waals surface area (Å²) in [5, 5.41) is 6.30. The highest BCUT2D eigenvalue weighted by atomic mass is 32.2. The molecule has 5 N–H and O–H groups in total. The van der Waals surface area contributed by atoms with Gasteiger partial charge in [0.05, 0.1) is 16.2 Å². The Morgan fingerprint density at radius 3 is 2.18 bits per heavy atom. The van der Waals surface area contributed by atoms with Gasteiger partial charge >= 0.3 is 0 Å². The predicted octanol–water partition coefficient (Wildman–Crippen LogP) is 5.31. The number of carbonyl (C=O) groups excluding carboxylic acids is 1. The van der Waals surface area contributed by atoms with Crippen molar-refractivity contribution in [3.63, 3.8) is 0 Å². The van der Waals surface area contributed by atoms with Gasteiger partial charge < -0.3 is 16.4 Å². The van der Waals surface area contributed by atoms with Crippen molar-refractivity contribution in [1.29, 1.82) is 0 Å². The minimum absolute atomic E-state index is 0.0609. The molecule has 5 rings (SSSR count). The second-order valence-corrected chi connectivity index (χ2v) is 10.6. The maximum absolute atomic E-state index is 13.3. The fourth-order valence-corrected chi connectivity index (χ4v) is 5.46. The molecule has 192 valence electrons. The molecule has 0 atom stereocenters. The number of nitrogens with one attached hydrogen (secondary N) is 3. The van der Waals surface area contributed by atoms with Gasteiger partial charge in [-0.2, -0.15) is 0 Å². The smallest absolute Gasteiger partial charge is 0.261 e. The summed E-state index contributed by atoms with van der Waals surface area (Å²) in [6, 6.07) is 30.8. The van der Waals surface area contributed by atoms with Crippen LogP contribution >= 0.6 is 0 Å². The van der Waals surface area contributed by atoms with Gasteiger partial charge in [0.25, 0.3) is 15.9 Å². The van der Waals surface area contributed by atoms with Crippen molar-refractivity contribution in [3.05, 3.63) is 120 Å². The summed E-state index contributed by atoms with van der Waals surface area (Å²) < 4.78 is 28.9. The second kappa shape index (κ2) is 10.9. The molecule has 38 heavy (non-hydrogen) atoms. The number of para-hydroxylation sites is 1. The van der Waals surface area contributed by atoms with Crippen molar-refractivity contribution < 1.29 is 13.2 Å². The average Bonchev–Trinajstić information content (AvgIpc) is 3.26. The first kappa shape index (κ1) is 25.3. The Morgan fingerprint density at radius 2 is 1.50 bits per heavy atom. The monoisotopic (exact) mass is 524 g/mol. The summed E-state index contributed by atoms with van der Waals surface area (Å²) in [6.45, 7) is 0.636. The molecule has 0 saturated heterocycles. The number of nitrogens with two attached hydrogens (primary N) is 1. The summed E-state index contributed by atoms with van der Waals surface area (Å²) in [5.41, 5.74) is 10.9. The van der Waals surface area contributed by atoms with E-state index in [1.807, 2.05) is 60.7 Å². The third-order valence-corrected chi connectivity index (χ3v) is 7.66. The number of sulfonamides is 1. The second-order valence-electron chi connectivity index (χ2n) is 8.96. The van der Waals surface area contributed by atoms with Crippen LogP contribution < -0.4 is 21.1 Å². The van der Waals surface area contributed by atoms with Crippen LogP contribution in [0.1, 0.15) is 23.1 Å². The van der Waals surface area contributed by atoms with Crippen LogP contribution in [0.4, 0.5) is 17.1 Å². The van der Waals surface area contributed by atoms with Gasteiger partial charge in [-0.3, -0.25) is 9.52 Å². The first-order chi connectivity index (χ1) is 18.4. The van der Waals surface area contributed by atoms with E-state index in [1.54, 1.807) is 30.3 Å². The lowest BCUT2D eigenvalue weighted by atomic mass is 10.00. The van der Waals surface area contributed by atoms with E-state index >= 15 is 0 Å². The minimum atomic E-state index is -3.88. The minimum Gasteiger partial charge on any atom is -0.354 e. The normalized spacial score (nSPS) is 14.0. The molecule has 1 aliphatic rings. The number of hydrogen-bond acceptors (Lipinski definition) is 5. The highest BCUT2D eigenvalue weighted by Crippen LogP contribution is 2.39. The molecule has 0 bridgehead atoms. The summed E-state index contributed by atoms with van der Waals surface area (Å²) >= 11 is 0. The first-order valence-corrected chi connectivity index (χ1v) is 13.8. The van der Waals surface area contributed by atoms with Crippen LogP contribution in [0.3, 0.4) is 0 Å². The molecular weight excluding hydrogens is 496 g/mol. The molecule has 0 unspecified atom stereocenters. The standard InChI is InChI=1S/C30H28N4O3S/c31-19-7-8-21-13-15-23(16-14-21)32-29(22-9-3-1-4-10-22)28-26-20-25(17-18-27(26)33-30(28)35)38(36,37)34-24-11-5-2-6-12-24/h1-6,9-18,20,32,34H,7-8,19,31H2,(H,33,35)/b29-28-. The largest absolute Gasteiger partial charge is 0.354 e. The predicted molar refractivity (Wildman–Crippen MR) is 153 cm³/mol. The quantitative estimate of drug-likeness (QED) is 0.222. The Balaban J connectivity index is 1.57. The molecule has 0 saturated carbocycles. The van der Waals surface area contributed by atoms with Crippen LogP contribution in [-0.4, -0.2) is 20.9 Å². The molecule has 0 fully saturated rings. The number of anilines is 3. The summed E-state index contributed by atoms with van der Waals surface area (Å²) in [5.74, 6) is -0.309. The molecule has 4 aromatic rings. The number of fused-ring (bicyclic) bond motifs is 1. The van der Waals surface area contributed by atoms with E-state index in [2.05, 4.69) is 15.4 Å². The summed E-state index contributed by atoms with van der Waals surface area (Å²) in [4.78, 5) is 13.3. The van der Waals surface area contributed by atoms with Crippen molar-refractivity contribution in [2.45, 2.75) is 17.7 Å². The van der Waals surface area contributed by atoms with Gasteiger partial charge in [-0.05, 0) is 73.0 Å². The number of carbonyl (C=O) groups is 1. The van der Waals surface area contributed by atoms with Gasteiger partial charge in [0.2, 0.25) is 0 Å². The van der Waals surface area contributed by atoms with Gasteiger partial charge in [-0.15, -0.1) is 0 Å². The molecular formula is C30H28N4O3S. The topological polar surface area (TPSA) is 113 Å².